The van der Waals surface area contributed by atoms with Gasteiger partial charge in [0, 0.05) is 25.0 Å². The van der Waals surface area contributed by atoms with E-state index in [4.69, 9.17) is 18.9 Å². The van der Waals surface area contributed by atoms with E-state index >= 15 is 0 Å². The molecule has 0 aliphatic heterocycles. The third kappa shape index (κ3) is 7.99. The van der Waals surface area contributed by atoms with Gasteiger partial charge in [-0.2, -0.15) is 0 Å². The molecule has 0 spiro atoms. The van der Waals surface area contributed by atoms with Gasteiger partial charge in [-0.15, -0.1) is 0 Å². The van der Waals surface area contributed by atoms with Gasteiger partial charge in [-0.05, 0) is 38.8 Å². The summed E-state index contributed by atoms with van der Waals surface area (Å²) in [5, 5.41) is 9.79. The molecule has 0 aromatic heterocycles. The fourth-order valence-electron chi connectivity index (χ4n) is 2.47. The molecule has 0 heterocycles. The first-order valence-corrected chi connectivity index (χ1v) is 9.78. The normalized spacial score (nSPS) is 13.2. The van der Waals surface area contributed by atoms with Crippen LogP contribution < -0.4 is 0 Å². The van der Waals surface area contributed by atoms with Crippen molar-refractivity contribution in [2.24, 2.45) is 0 Å². The van der Waals surface area contributed by atoms with Gasteiger partial charge in [0.2, 0.25) is 12.6 Å². The van der Waals surface area contributed by atoms with Gasteiger partial charge < -0.3 is 24.1 Å². The molecule has 0 aliphatic rings. The van der Waals surface area contributed by atoms with E-state index in [9.17, 15) is 24.3 Å². The van der Waals surface area contributed by atoms with Gasteiger partial charge in [-0.1, -0.05) is 25.3 Å². The number of aliphatic hydroxyl groups excluding tert-OH is 1. The van der Waals surface area contributed by atoms with Crippen molar-refractivity contribution in [3.8, 4) is 0 Å². The maximum atomic E-state index is 12.9. The topological polar surface area (TPSA) is 125 Å². The molecule has 3 unspecified atom stereocenters. The molecule has 32 heavy (non-hydrogen) atoms. The van der Waals surface area contributed by atoms with Crippen LogP contribution in [0.25, 0.3) is 0 Å². The number of hydrogen-bond acceptors (Lipinski definition) is 9. The number of carbonyl (C=O) groups is 4. The van der Waals surface area contributed by atoms with Crippen molar-refractivity contribution in [3.63, 3.8) is 0 Å². The van der Waals surface area contributed by atoms with E-state index in [1.165, 1.54) is 52.8 Å². The number of hydrogen-bond donors (Lipinski definition) is 1. The molecule has 3 atom stereocenters. The Bertz CT molecular complexity index is 914. The van der Waals surface area contributed by atoms with Crippen molar-refractivity contribution in [1.82, 2.24) is 0 Å². The highest BCUT2D eigenvalue weighted by atomic mass is 16.7. The molecule has 9 heteroatoms. The molecule has 0 amide bonds. The summed E-state index contributed by atoms with van der Waals surface area (Å²) in [6.07, 6.45) is -3.33. The molecule has 1 aromatic carbocycles. The summed E-state index contributed by atoms with van der Waals surface area (Å²) in [4.78, 5) is 48.8. The van der Waals surface area contributed by atoms with Crippen molar-refractivity contribution in [2.45, 2.75) is 59.7 Å². The first-order valence-electron chi connectivity index (χ1n) is 9.78. The smallest absolute Gasteiger partial charge is 0.342 e. The van der Waals surface area contributed by atoms with Crippen molar-refractivity contribution in [2.75, 3.05) is 0 Å². The summed E-state index contributed by atoms with van der Waals surface area (Å²) in [7, 11) is 0. The summed E-state index contributed by atoms with van der Waals surface area (Å²) in [5.41, 5.74) is 0.198. The van der Waals surface area contributed by atoms with Crippen LogP contribution in [-0.2, 0) is 35.0 Å². The summed E-state index contributed by atoms with van der Waals surface area (Å²) < 4.78 is 20.1. The fourth-order valence-corrected chi connectivity index (χ4v) is 2.47. The van der Waals surface area contributed by atoms with Crippen LogP contribution >= 0.6 is 0 Å². The summed E-state index contributed by atoms with van der Waals surface area (Å²) in [6, 6.07) is 4.36. The van der Waals surface area contributed by atoms with E-state index in [1.54, 1.807) is 0 Å². The van der Waals surface area contributed by atoms with E-state index in [0.29, 0.717) is 5.56 Å². The molecule has 174 valence electrons. The predicted octanol–water partition coefficient (Wildman–Crippen LogP) is 2.85. The summed E-state index contributed by atoms with van der Waals surface area (Å²) in [6.45, 7) is 13.9. The van der Waals surface area contributed by atoms with Crippen molar-refractivity contribution < 1.29 is 43.2 Å². The largest absolute Gasteiger partial charge is 0.422 e. The van der Waals surface area contributed by atoms with Gasteiger partial charge >= 0.3 is 23.9 Å². The Hall–Kier alpha value is -3.46. The second-order valence-electron chi connectivity index (χ2n) is 7.21. The molecule has 1 aromatic rings. The van der Waals surface area contributed by atoms with Gasteiger partial charge in [0.1, 0.15) is 0 Å². The Kier molecular flexibility index (Phi) is 9.80. The lowest BCUT2D eigenvalue weighted by atomic mass is 9.97. The average Bonchev–Trinajstić information content (AvgIpc) is 2.66. The van der Waals surface area contributed by atoms with Crippen LogP contribution in [-0.4, -0.2) is 47.7 Å². The monoisotopic (exact) mass is 448 g/mol. The second-order valence-corrected chi connectivity index (χ2v) is 7.21. The maximum absolute atomic E-state index is 12.9. The lowest BCUT2D eigenvalue weighted by Crippen LogP contribution is -2.27. The third-order valence-electron chi connectivity index (χ3n) is 3.88. The van der Waals surface area contributed by atoms with Crippen LogP contribution in [0, 0.1) is 0 Å². The SMILES string of the molecule is C=C(C)C(=O)OC(C)OC(=O)c1cccc(CC(C)O)c1C(=O)OC(C)OC(=O)C(=C)C. The molecule has 0 fully saturated rings. The minimum absolute atomic E-state index is 0.0334. The Morgan fingerprint density at radius 2 is 1.31 bits per heavy atom. The lowest BCUT2D eigenvalue weighted by molar-refractivity contribution is -0.162. The Labute approximate surface area is 186 Å². The number of aliphatic hydroxyl groups is 1. The predicted molar refractivity (Wildman–Crippen MR) is 113 cm³/mol. The Morgan fingerprint density at radius 1 is 0.844 bits per heavy atom. The molecule has 1 N–H and O–H groups in total. The summed E-state index contributed by atoms with van der Waals surface area (Å²) >= 11 is 0. The van der Waals surface area contributed by atoms with Crippen LogP contribution in [0.2, 0.25) is 0 Å². The first kappa shape index (κ1) is 26.6. The van der Waals surface area contributed by atoms with Crippen LogP contribution in [0.15, 0.2) is 42.5 Å². The van der Waals surface area contributed by atoms with Gasteiger partial charge in [-0.25, -0.2) is 19.2 Å². The standard InChI is InChI=1S/C23H28O9/c1-12(2)20(25)29-15(6)31-22(27)18-10-8-9-17(11-14(5)24)19(18)23(28)32-16(7)30-21(26)13(3)4/h8-10,14-16,24H,1,3,11H2,2,4-7H3. The van der Waals surface area contributed by atoms with E-state index in [-0.39, 0.29) is 28.7 Å². The average molecular weight is 448 g/mol. The number of esters is 4. The van der Waals surface area contributed by atoms with E-state index in [0.717, 1.165) is 0 Å². The molecule has 0 aliphatic carbocycles. The van der Waals surface area contributed by atoms with Crippen LogP contribution in [0.4, 0.5) is 0 Å². The van der Waals surface area contributed by atoms with Crippen molar-refractivity contribution in [3.05, 3.63) is 59.2 Å². The zero-order chi connectivity index (χ0) is 24.6. The number of rotatable bonds is 10. The molecule has 1 rings (SSSR count). The number of carbonyl (C=O) groups excluding carboxylic acids is 4. The zero-order valence-electron chi connectivity index (χ0n) is 18.8. The highest BCUT2D eigenvalue weighted by molar-refractivity contribution is 6.04. The minimum Gasteiger partial charge on any atom is -0.422 e. The Balaban J connectivity index is 3.19. The number of benzene rings is 1. The zero-order valence-corrected chi connectivity index (χ0v) is 18.8. The molecule has 0 bridgehead atoms. The lowest BCUT2D eigenvalue weighted by Gasteiger charge is -2.19. The minimum atomic E-state index is -1.27. The van der Waals surface area contributed by atoms with E-state index in [2.05, 4.69) is 13.2 Å². The maximum Gasteiger partial charge on any atom is 0.342 e. The molecular formula is C23H28O9. The number of ether oxygens (including phenoxy) is 4. The highest BCUT2D eigenvalue weighted by Gasteiger charge is 2.27. The van der Waals surface area contributed by atoms with Crippen LogP contribution in [0.3, 0.4) is 0 Å². The van der Waals surface area contributed by atoms with Gasteiger partial charge in [0.05, 0.1) is 17.2 Å². The van der Waals surface area contributed by atoms with Gasteiger partial charge in [-0.3, -0.25) is 0 Å². The van der Waals surface area contributed by atoms with E-state index < -0.39 is 42.6 Å². The van der Waals surface area contributed by atoms with Crippen molar-refractivity contribution >= 4 is 23.9 Å². The van der Waals surface area contributed by atoms with Crippen molar-refractivity contribution in [1.29, 1.82) is 0 Å². The Morgan fingerprint density at radius 3 is 1.75 bits per heavy atom. The molecule has 0 radical (unpaired) electrons. The fraction of sp³-hybridized carbons (Fsp3) is 0.391. The first-order chi connectivity index (χ1) is 14.8. The van der Waals surface area contributed by atoms with Crippen LogP contribution in [0.5, 0.6) is 0 Å². The third-order valence-corrected chi connectivity index (χ3v) is 3.88. The van der Waals surface area contributed by atoms with Crippen LogP contribution in [0.1, 0.15) is 60.9 Å². The van der Waals surface area contributed by atoms with E-state index in [1.807, 2.05) is 0 Å². The van der Waals surface area contributed by atoms with Gasteiger partial charge in [0.15, 0.2) is 0 Å². The highest BCUT2D eigenvalue weighted by Crippen LogP contribution is 2.21. The second kappa shape index (κ2) is 11.8. The molecular weight excluding hydrogens is 420 g/mol. The molecule has 0 saturated heterocycles. The molecule has 9 nitrogen and oxygen atoms in total. The quantitative estimate of drug-likeness (QED) is 0.327. The van der Waals surface area contributed by atoms with Gasteiger partial charge in [0.25, 0.3) is 0 Å². The molecule has 0 saturated carbocycles. The summed E-state index contributed by atoms with van der Waals surface area (Å²) in [5.74, 6) is -3.43.